The van der Waals surface area contributed by atoms with Gasteiger partial charge in [0.05, 0.1) is 0 Å². The lowest BCUT2D eigenvalue weighted by atomic mass is 9.75. The van der Waals surface area contributed by atoms with Crippen LogP contribution in [0.5, 0.6) is 11.5 Å². The molecular formula is C30H26O. The summed E-state index contributed by atoms with van der Waals surface area (Å²) in [5, 5.41) is 0. The number of hydrogen-bond acceptors (Lipinski definition) is 1. The normalized spacial score (nSPS) is 16.5. The number of hydrogen-bond donors (Lipinski definition) is 0. The van der Waals surface area contributed by atoms with Crippen molar-refractivity contribution in [1.29, 1.82) is 0 Å². The molecule has 4 aromatic carbocycles. The number of ether oxygens (including phenoxy) is 1. The Morgan fingerprint density at radius 1 is 0.484 bits per heavy atom. The Hall–Kier alpha value is -3.32. The van der Waals surface area contributed by atoms with E-state index in [2.05, 4.69) is 107 Å². The third-order valence-electron chi connectivity index (χ3n) is 7.35. The largest absolute Gasteiger partial charge is 0.457 e. The van der Waals surface area contributed by atoms with E-state index >= 15 is 0 Å². The Labute approximate surface area is 184 Å². The maximum atomic E-state index is 6.36. The zero-order valence-corrected chi connectivity index (χ0v) is 18.5. The lowest BCUT2D eigenvalue weighted by Crippen LogP contribution is -2.24. The van der Waals surface area contributed by atoms with Crippen molar-refractivity contribution in [3.63, 3.8) is 0 Å². The van der Waals surface area contributed by atoms with E-state index in [-0.39, 0.29) is 10.8 Å². The quantitative estimate of drug-likeness (QED) is 0.312. The molecule has 0 fully saturated rings. The average molecular weight is 403 g/mol. The van der Waals surface area contributed by atoms with Crippen molar-refractivity contribution in [1.82, 2.24) is 0 Å². The summed E-state index contributed by atoms with van der Waals surface area (Å²) in [4.78, 5) is 0. The van der Waals surface area contributed by atoms with Crippen molar-refractivity contribution in [2.75, 3.05) is 0 Å². The molecule has 0 amide bonds. The Bertz CT molecular complexity index is 1360. The highest BCUT2D eigenvalue weighted by Gasteiger charge is 2.36. The summed E-state index contributed by atoms with van der Waals surface area (Å²) >= 11 is 0. The number of para-hydroxylation sites is 1. The van der Waals surface area contributed by atoms with Gasteiger partial charge in [-0.3, -0.25) is 0 Å². The van der Waals surface area contributed by atoms with Gasteiger partial charge in [0.2, 0.25) is 0 Å². The standard InChI is InChI=1S/C30H26O/c1-29(2)23-10-6-5-9-21(23)22-15-13-19(17-26(22)29)20-14-16-25-28(18-20)31-27-12-8-7-11-24(27)30(25,3)4/h5-18H,1-4H3. The van der Waals surface area contributed by atoms with E-state index in [1.165, 1.54) is 44.5 Å². The molecule has 1 nitrogen and oxygen atoms in total. The topological polar surface area (TPSA) is 9.23 Å². The van der Waals surface area contributed by atoms with Crippen molar-refractivity contribution in [3.05, 3.63) is 107 Å². The minimum atomic E-state index is -0.0791. The minimum absolute atomic E-state index is 0.00752. The molecule has 0 saturated heterocycles. The fourth-order valence-corrected chi connectivity index (χ4v) is 5.52. The van der Waals surface area contributed by atoms with Gasteiger partial charge in [-0.2, -0.15) is 0 Å². The van der Waals surface area contributed by atoms with E-state index in [0.29, 0.717) is 0 Å². The average Bonchev–Trinajstić information content (AvgIpc) is 3.00. The highest BCUT2D eigenvalue weighted by atomic mass is 16.5. The molecule has 31 heavy (non-hydrogen) atoms. The van der Waals surface area contributed by atoms with Crippen LogP contribution < -0.4 is 4.74 Å². The summed E-state index contributed by atoms with van der Waals surface area (Å²) < 4.78 is 6.36. The Kier molecular flexibility index (Phi) is 3.63. The van der Waals surface area contributed by atoms with Crippen LogP contribution in [0.15, 0.2) is 84.9 Å². The van der Waals surface area contributed by atoms with Gasteiger partial charge < -0.3 is 4.74 Å². The lowest BCUT2D eigenvalue weighted by Gasteiger charge is -2.34. The van der Waals surface area contributed by atoms with E-state index in [0.717, 1.165) is 11.5 Å². The van der Waals surface area contributed by atoms with Gasteiger partial charge in [-0.15, -0.1) is 0 Å². The second-order valence-corrected chi connectivity index (χ2v) is 9.87. The van der Waals surface area contributed by atoms with E-state index in [1.54, 1.807) is 0 Å². The summed E-state index contributed by atoms with van der Waals surface area (Å²) in [5.41, 5.74) is 10.4. The molecule has 0 atom stereocenters. The van der Waals surface area contributed by atoms with E-state index in [9.17, 15) is 0 Å². The third kappa shape index (κ3) is 2.50. The van der Waals surface area contributed by atoms with Crippen molar-refractivity contribution >= 4 is 0 Å². The molecular weight excluding hydrogens is 376 g/mol. The maximum Gasteiger partial charge on any atom is 0.132 e. The van der Waals surface area contributed by atoms with Gasteiger partial charge in [0, 0.05) is 22.0 Å². The molecule has 4 aromatic rings. The van der Waals surface area contributed by atoms with E-state index < -0.39 is 0 Å². The molecule has 152 valence electrons. The van der Waals surface area contributed by atoms with Gasteiger partial charge in [0.15, 0.2) is 0 Å². The summed E-state index contributed by atoms with van der Waals surface area (Å²) in [5.74, 6) is 1.92. The van der Waals surface area contributed by atoms with Crippen LogP contribution in [0.1, 0.15) is 49.9 Å². The van der Waals surface area contributed by atoms with Gasteiger partial charge in [0.1, 0.15) is 11.5 Å². The zero-order valence-electron chi connectivity index (χ0n) is 18.5. The lowest BCUT2D eigenvalue weighted by molar-refractivity contribution is 0.418. The molecule has 0 radical (unpaired) electrons. The predicted molar refractivity (Wildman–Crippen MR) is 128 cm³/mol. The molecule has 0 spiro atoms. The van der Waals surface area contributed by atoms with Crippen LogP contribution in [0.4, 0.5) is 0 Å². The second kappa shape index (κ2) is 6.11. The first kappa shape index (κ1) is 18.4. The molecule has 0 N–H and O–H groups in total. The van der Waals surface area contributed by atoms with E-state index in [1.807, 2.05) is 6.07 Å². The van der Waals surface area contributed by atoms with Gasteiger partial charge in [-0.05, 0) is 51.6 Å². The molecule has 1 aliphatic heterocycles. The Balaban J connectivity index is 1.47. The summed E-state index contributed by atoms with van der Waals surface area (Å²) in [6, 6.07) is 30.8. The molecule has 1 aliphatic carbocycles. The Morgan fingerprint density at radius 2 is 1.06 bits per heavy atom. The van der Waals surface area contributed by atoms with Crippen LogP contribution >= 0.6 is 0 Å². The van der Waals surface area contributed by atoms with Crippen molar-refractivity contribution in [3.8, 4) is 33.8 Å². The molecule has 1 heterocycles. The van der Waals surface area contributed by atoms with Gasteiger partial charge in [0.25, 0.3) is 0 Å². The van der Waals surface area contributed by atoms with Gasteiger partial charge >= 0.3 is 0 Å². The number of benzene rings is 4. The fourth-order valence-electron chi connectivity index (χ4n) is 5.52. The summed E-state index contributed by atoms with van der Waals surface area (Å²) in [7, 11) is 0. The van der Waals surface area contributed by atoms with Crippen molar-refractivity contribution in [2.45, 2.75) is 38.5 Å². The van der Waals surface area contributed by atoms with Crippen LogP contribution in [-0.2, 0) is 10.8 Å². The van der Waals surface area contributed by atoms with Crippen LogP contribution in [0.3, 0.4) is 0 Å². The van der Waals surface area contributed by atoms with E-state index in [4.69, 9.17) is 4.74 Å². The maximum absolute atomic E-state index is 6.36. The summed E-state index contributed by atoms with van der Waals surface area (Å²) in [6.45, 7) is 9.22. The molecule has 0 bridgehead atoms. The van der Waals surface area contributed by atoms with Crippen molar-refractivity contribution < 1.29 is 4.74 Å². The van der Waals surface area contributed by atoms with Crippen LogP contribution in [-0.4, -0.2) is 0 Å². The highest BCUT2D eigenvalue weighted by molar-refractivity contribution is 5.83. The molecule has 0 unspecified atom stereocenters. The summed E-state index contributed by atoms with van der Waals surface area (Å²) in [6.07, 6.45) is 0. The zero-order chi connectivity index (χ0) is 21.4. The molecule has 2 aliphatic rings. The predicted octanol–water partition coefficient (Wildman–Crippen LogP) is 8.09. The van der Waals surface area contributed by atoms with Crippen LogP contribution in [0.25, 0.3) is 22.3 Å². The smallest absolute Gasteiger partial charge is 0.132 e. The molecule has 1 heteroatoms. The number of fused-ring (bicyclic) bond motifs is 5. The molecule has 0 aromatic heterocycles. The van der Waals surface area contributed by atoms with Gasteiger partial charge in [-0.25, -0.2) is 0 Å². The first-order valence-corrected chi connectivity index (χ1v) is 11.0. The van der Waals surface area contributed by atoms with Crippen LogP contribution in [0, 0.1) is 0 Å². The minimum Gasteiger partial charge on any atom is -0.457 e. The van der Waals surface area contributed by atoms with Crippen LogP contribution in [0.2, 0.25) is 0 Å². The highest BCUT2D eigenvalue weighted by Crippen LogP contribution is 2.51. The SMILES string of the molecule is CC1(C)c2ccccc2Oc2cc(-c3ccc4c(c3)C(C)(C)c3ccccc3-4)ccc21. The van der Waals surface area contributed by atoms with Crippen molar-refractivity contribution in [2.24, 2.45) is 0 Å². The van der Waals surface area contributed by atoms with Gasteiger partial charge in [-0.1, -0.05) is 94.4 Å². The third-order valence-corrected chi connectivity index (χ3v) is 7.35. The monoisotopic (exact) mass is 402 g/mol. The fraction of sp³-hybridized carbons (Fsp3) is 0.200. The first-order valence-electron chi connectivity index (χ1n) is 11.0. The molecule has 6 rings (SSSR count). The number of rotatable bonds is 1. The Morgan fingerprint density at radius 3 is 1.90 bits per heavy atom. The molecule has 0 saturated carbocycles. The first-order chi connectivity index (χ1) is 14.9. The second-order valence-electron chi connectivity index (χ2n) is 9.87.